The fraction of sp³-hybridized carbons (Fsp3) is 0.200. The summed E-state index contributed by atoms with van der Waals surface area (Å²) in [7, 11) is 0. The van der Waals surface area contributed by atoms with Crippen LogP contribution in [-0.2, 0) is 6.61 Å². The smallest absolute Gasteiger partial charge is 0.255 e. The molecule has 1 N–H and O–H groups in total. The molecule has 134 valence electrons. The third-order valence-corrected chi connectivity index (χ3v) is 4.40. The van der Waals surface area contributed by atoms with Gasteiger partial charge in [0.15, 0.2) is 0 Å². The van der Waals surface area contributed by atoms with Crippen molar-refractivity contribution in [1.82, 2.24) is 4.98 Å². The Bertz CT molecular complexity index is 875. The molecular weight excluding hydrogens is 348 g/mol. The molecule has 0 radical (unpaired) electrons. The van der Waals surface area contributed by atoms with E-state index < -0.39 is 0 Å². The minimum absolute atomic E-state index is 0.191. The van der Waals surface area contributed by atoms with Gasteiger partial charge in [-0.05, 0) is 56.3 Å². The first-order valence-electron chi connectivity index (χ1n) is 8.32. The van der Waals surface area contributed by atoms with E-state index in [0.29, 0.717) is 30.2 Å². The third kappa shape index (κ3) is 4.83. The van der Waals surface area contributed by atoms with E-state index >= 15 is 0 Å². The number of anilines is 1. The van der Waals surface area contributed by atoms with Gasteiger partial charge in [0.2, 0.25) is 0 Å². The van der Waals surface area contributed by atoms with E-state index in [1.165, 1.54) is 0 Å². The van der Waals surface area contributed by atoms with E-state index in [4.69, 9.17) is 9.47 Å². The second-order valence-corrected chi connectivity index (χ2v) is 6.65. The molecule has 3 rings (SSSR count). The minimum atomic E-state index is -0.191. The molecule has 2 aromatic carbocycles. The van der Waals surface area contributed by atoms with Gasteiger partial charge in [0, 0.05) is 16.6 Å². The zero-order chi connectivity index (χ0) is 18.4. The average Bonchev–Trinajstić information content (AvgIpc) is 3.07. The summed E-state index contributed by atoms with van der Waals surface area (Å²) in [6, 6.07) is 14.4. The van der Waals surface area contributed by atoms with Gasteiger partial charge in [0.1, 0.15) is 18.1 Å². The molecule has 0 aliphatic carbocycles. The molecular formula is C20H20N2O3S. The van der Waals surface area contributed by atoms with E-state index in [9.17, 15) is 4.79 Å². The SMILES string of the molecule is CCOc1ccc(NC(=O)c2cccc(OCc3csc(C)n3)c2)cc1. The van der Waals surface area contributed by atoms with Crippen molar-refractivity contribution in [2.75, 3.05) is 11.9 Å². The molecule has 5 nitrogen and oxygen atoms in total. The summed E-state index contributed by atoms with van der Waals surface area (Å²) in [6.07, 6.45) is 0. The minimum Gasteiger partial charge on any atom is -0.494 e. The number of thiazole rings is 1. The lowest BCUT2D eigenvalue weighted by molar-refractivity contribution is 0.102. The van der Waals surface area contributed by atoms with Crippen LogP contribution in [0.25, 0.3) is 0 Å². The first kappa shape index (κ1) is 17.9. The van der Waals surface area contributed by atoms with E-state index in [1.807, 2.05) is 49.6 Å². The first-order chi connectivity index (χ1) is 12.6. The molecule has 0 saturated heterocycles. The summed E-state index contributed by atoms with van der Waals surface area (Å²) in [5, 5.41) is 5.85. The predicted octanol–water partition coefficient (Wildman–Crippen LogP) is 4.68. The molecule has 0 aliphatic heterocycles. The number of ether oxygens (including phenoxy) is 2. The Morgan fingerprint density at radius 3 is 2.62 bits per heavy atom. The second kappa shape index (κ2) is 8.49. The Hall–Kier alpha value is -2.86. The van der Waals surface area contributed by atoms with Crippen LogP contribution < -0.4 is 14.8 Å². The Balaban J connectivity index is 1.62. The average molecular weight is 368 g/mol. The highest BCUT2D eigenvalue weighted by Gasteiger charge is 2.08. The van der Waals surface area contributed by atoms with Crippen LogP contribution in [0, 0.1) is 6.92 Å². The van der Waals surface area contributed by atoms with E-state index in [-0.39, 0.29) is 5.91 Å². The maximum atomic E-state index is 12.4. The molecule has 0 aliphatic rings. The standard InChI is InChI=1S/C20H20N2O3S/c1-3-24-18-9-7-16(8-10-18)22-20(23)15-5-4-6-19(11-15)25-12-17-13-26-14(2)21-17/h4-11,13H,3,12H2,1-2H3,(H,22,23). The number of aryl methyl sites for hydroxylation is 1. The van der Waals surface area contributed by atoms with Crippen molar-refractivity contribution in [3.8, 4) is 11.5 Å². The summed E-state index contributed by atoms with van der Waals surface area (Å²) in [5.74, 6) is 1.22. The van der Waals surface area contributed by atoms with E-state index in [0.717, 1.165) is 16.5 Å². The van der Waals surface area contributed by atoms with Gasteiger partial charge in [-0.3, -0.25) is 4.79 Å². The molecule has 0 bridgehead atoms. The maximum Gasteiger partial charge on any atom is 0.255 e. The molecule has 0 spiro atoms. The van der Waals surface area contributed by atoms with Crippen molar-refractivity contribution in [1.29, 1.82) is 0 Å². The molecule has 1 heterocycles. The summed E-state index contributed by atoms with van der Waals surface area (Å²) >= 11 is 1.59. The number of rotatable bonds is 7. The highest BCUT2D eigenvalue weighted by Crippen LogP contribution is 2.19. The maximum absolute atomic E-state index is 12.4. The highest BCUT2D eigenvalue weighted by atomic mass is 32.1. The lowest BCUT2D eigenvalue weighted by Crippen LogP contribution is -2.12. The zero-order valence-electron chi connectivity index (χ0n) is 14.7. The van der Waals surface area contributed by atoms with E-state index in [2.05, 4.69) is 10.3 Å². The summed E-state index contributed by atoms with van der Waals surface area (Å²) in [4.78, 5) is 16.8. The summed E-state index contributed by atoms with van der Waals surface area (Å²) < 4.78 is 11.1. The number of benzene rings is 2. The summed E-state index contributed by atoms with van der Waals surface area (Å²) in [6.45, 7) is 4.88. The van der Waals surface area contributed by atoms with Gasteiger partial charge in [-0.2, -0.15) is 0 Å². The van der Waals surface area contributed by atoms with Crippen LogP contribution in [0.5, 0.6) is 11.5 Å². The molecule has 0 unspecified atom stereocenters. The van der Waals surface area contributed by atoms with Gasteiger partial charge >= 0.3 is 0 Å². The summed E-state index contributed by atoms with van der Waals surface area (Å²) in [5.41, 5.74) is 2.13. The van der Waals surface area contributed by atoms with Crippen molar-refractivity contribution < 1.29 is 14.3 Å². The number of hydrogen-bond acceptors (Lipinski definition) is 5. The van der Waals surface area contributed by atoms with E-state index in [1.54, 1.807) is 29.5 Å². The van der Waals surface area contributed by atoms with Crippen molar-refractivity contribution in [3.63, 3.8) is 0 Å². The lowest BCUT2D eigenvalue weighted by atomic mass is 10.2. The molecule has 1 aromatic heterocycles. The molecule has 0 fully saturated rings. The Kier molecular flexibility index (Phi) is 5.86. The third-order valence-electron chi connectivity index (χ3n) is 3.57. The Morgan fingerprint density at radius 2 is 1.92 bits per heavy atom. The predicted molar refractivity (Wildman–Crippen MR) is 103 cm³/mol. The van der Waals surface area contributed by atoms with Crippen LogP contribution in [0.2, 0.25) is 0 Å². The largest absolute Gasteiger partial charge is 0.494 e. The quantitative estimate of drug-likeness (QED) is 0.658. The van der Waals surface area contributed by atoms with Crippen molar-refractivity contribution in [3.05, 3.63) is 70.2 Å². The number of nitrogens with one attached hydrogen (secondary N) is 1. The number of amides is 1. The monoisotopic (exact) mass is 368 g/mol. The molecule has 0 saturated carbocycles. The lowest BCUT2D eigenvalue weighted by Gasteiger charge is -2.09. The molecule has 26 heavy (non-hydrogen) atoms. The number of carbonyl (C=O) groups excluding carboxylic acids is 1. The van der Waals surface area contributed by atoms with Gasteiger partial charge in [-0.15, -0.1) is 11.3 Å². The number of nitrogens with zero attached hydrogens (tertiary/aromatic N) is 1. The van der Waals surface area contributed by atoms with Crippen molar-refractivity contribution in [2.45, 2.75) is 20.5 Å². The number of carbonyl (C=O) groups is 1. The molecule has 1 amide bonds. The fourth-order valence-electron chi connectivity index (χ4n) is 2.36. The van der Waals surface area contributed by atoms with Crippen LogP contribution in [0.3, 0.4) is 0 Å². The van der Waals surface area contributed by atoms with Crippen LogP contribution in [-0.4, -0.2) is 17.5 Å². The first-order valence-corrected chi connectivity index (χ1v) is 9.20. The normalized spacial score (nSPS) is 10.4. The van der Waals surface area contributed by atoms with Gasteiger partial charge in [-0.1, -0.05) is 6.07 Å². The highest BCUT2D eigenvalue weighted by molar-refractivity contribution is 7.09. The second-order valence-electron chi connectivity index (χ2n) is 5.59. The number of aromatic nitrogens is 1. The van der Waals surface area contributed by atoms with Crippen LogP contribution in [0.15, 0.2) is 53.9 Å². The fourth-order valence-corrected chi connectivity index (χ4v) is 2.96. The van der Waals surface area contributed by atoms with Gasteiger partial charge in [0.05, 0.1) is 17.3 Å². The van der Waals surface area contributed by atoms with Crippen molar-refractivity contribution >= 4 is 22.9 Å². The topological polar surface area (TPSA) is 60.5 Å². The molecule has 0 atom stereocenters. The number of hydrogen-bond donors (Lipinski definition) is 1. The Labute approximate surface area is 156 Å². The zero-order valence-corrected chi connectivity index (χ0v) is 15.5. The van der Waals surface area contributed by atoms with Crippen LogP contribution in [0.1, 0.15) is 28.0 Å². The van der Waals surface area contributed by atoms with Gasteiger partial charge in [0.25, 0.3) is 5.91 Å². The Morgan fingerprint density at radius 1 is 1.12 bits per heavy atom. The van der Waals surface area contributed by atoms with Crippen molar-refractivity contribution in [2.24, 2.45) is 0 Å². The molecule has 3 aromatic rings. The van der Waals surface area contributed by atoms with Gasteiger partial charge < -0.3 is 14.8 Å². The van der Waals surface area contributed by atoms with Crippen LogP contribution >= 0.6 is 11.3 Å². The molecule has 6 heteroatoms. The van der Waals surface area contributed by atoms with Gasteiger partial charge in [-0.25, -0.2) is 4.98 Å². The van der Waals surface area contributed by atoms with Crippen LogP contribution in [0.4, 0.5) is 5.69 Å².